The molecule has 0 saturated carbocycles. The molecule has 3 amide bonds. The number of hydrogen-bond donors (Lipinski definition) is 0. The van der Waals surface area contributed by atoms with Crippen LogP contribution in [0.2, 0.25) is 0 Å². The first kappa shape index (κ1) is 32.7. The topological polar surface area (TPSA) is 102 Å². The number of imide groups is 1. The molecule has 3 aromatic rings. The van der Waals surface area contributed by atoms with E-state index in [4.69, 9.17) is 14.3 Å². The van der Waals surface area contributed by atoms with Crippen LogP contribution < -0.4 is 4.74 Å². The lowest BCUT2D eigenvalue weighted by Crippen LogP contribution is -2.46. The fourth-order valence-corrected chi connectivity index (χ4v) is 5.95. The Hall–Kier alpha value is -4.66. The second kappa shape index (κ2) is 15.6. The van der Waals surface area contributed by atoms with E-state index in [2.05, 4.69) is 19.1 Å². The molecular formula is C37H42N2O7. The molecule has 0 spiro atoms. The Balaban J connectivity index is 1.26. The fourth-order valence-electron chi connectivity index (χ4n) is 5.95. The number of rotatable bonds is 15. The minimum Gasteiger partial charge on any atom is -0.494 e. The number of nitrogens with zero attached hydrogens (tertiary/aromatic N) is 2. The predicted octanol–water partition coefficient (Wildman–Crippen LogP) is 7.17. The number of fused-ring (bicyclic) bond motifs is 3. The third kappa shape index (κ3) is 7.76. The molecule has 0 unspecified atom stereocenters. The summed E-state index contributed by atoms with van der Waals surface area (Å²) in [5, 5.41) is 0.491. The van der Waals surface area contributed by atoms with Crippen molar-refractivity contribution in [2.24, 2.45) is 0 Å². The molecule has 1 aliphatic heterocycles. The van der Waals surface area contributed by atoms with E-state index in [-0.39, 0.29) is 31.9 Å². The number of benzene rings is 3. The number of carbonyl (C=O) groups excluding carboxylic acids is 4. The quantitative estimate of drug-likeness (QED) is 0.130. The summed E-state index contributed by atoms with van der Waals surface area (Å²) in [6.45, 7) is 4.43. The van der Waals surface area contributed by atoms with E-state index >= 15 is 0 Å². The fraction of sp³-hybridized carbons (Fsp3) is 0.405. The van der Waals surface area contributed by atoms with Gasteiger partial charge in [-0.15, -0.1) is 5.06 Å². The minimum absolute atomic E-state index is 0.0239. The van der Waals surface area contributed by atoms with Gasteiger partial charge in [0.15, 0.2) is 0 Å². The van der Waals surface area contributed by atoms with Crippen molar-refractivity contribution in [2.45, 2.75) is 83.7 Å². The molecule has 1 saturated heterocycles. The Morgan fingerprint density at radius 3 is 2.04 bits per heavy atom. The molecule has 242 valence electrons. The number of hydroxylamine groups is 2. The third-order valence-corrected chi connectivity index (χ3v) is 8.61. The molecule has 9 heteroatoms. The number of carbonyl (C=O) groups is 4. The van der Waals surface area contributed by atoms with Gasteiger partial charge in [-0.2, -0.15) is 0 Å². The largest absolute Gasteiger partial charge is 0.494 e. The zero-order valence-corrected chi connectivity index (χ0v) is 26.6. The lowest BCUT2D eigenvalue weighted by Gasteiger charge is -2.28. The van der Waals surface area contributed by atoms with E-state index in [0.717, 1.165) is 46.4 Å². The molecule has 3 aromatic carbocycles. The van der Waals surface area contributed by atoms with Crippen LogP contribution in [0.1, 0.15) is 87.8 Å². The molecule has 0 N–H and O–H groups in total. The van der Waals surface area contributed by atoms with Crippen LogP contribution in [0.4, 0.5) is 4.79 Å². The normalized spacial score (nSPS) is 14.5. The molecule has 1 fully saturated rings. The Labute approximate surface area is 270 Å². The number of hydrogen-bond acceptors (Lipinski definition) is 7. The second-order valence-electron chi connectivity index (χ2n) is 11.9. The molecular weight excluding hydrogens is 584 g/mol. The summed E-state index contributed by atoms with van der Waals surface area (Å²) in [5.74, 6) is -1.52. The Bertz CT molecular complexity index is 1480. The van der Waals surface area contributed by atoms with Crippen LogP contribution in [-0.4, -0.2) is 53.1 Å². The van der Waals surface area contributed by atoms with Gasteiger partial charge in [0.25, 0.3) is 11.8 Å². The van der Waals surface area contributed by atoms with Gasteiger partial charge in [-0.1, -0.05) is 99.7 Å². The SMILES string of the molecule is CCCCCCCCOc1ccc(CN(C(=O)OCC2c3ccccc3-c3ccccc32)[C@@H](C)C(=O)ON2C(=O)CCC2=O)cc1. The lowest BCUT2D eigenvalue weighted by molar-refractivity contribution is -0.200. The molecule has 46 heavy (non-hydrogen) atoms. The first-order valence-corrected chi connectivity index (χ1v) is 16.3. The van der Waals surface area contributed by atoms with Crippen LogP contribution >= 0.6 is 0 Å². The molecule has 1 heterocycles. The first-order chi connectivity index (χ1) is 22.4. The van der Waals surface area contributed by atoms with Crippen LogP contribution in [0.5, 0.6) is 5.75 Å². The van der Waals surface area contributed by atoms with Crippen LogP contribution in [0, 0.1) is 0 Å². The van der Waals surface area contributed by atoms with Crippen molar-refractivity contribution in [3.63, 3.8) is 0 Å². The summed E-state index contributed by atoms with van der Waals surface area (Å²) < 4.78 is 11.8. The maximum Gasteiger partial charge on any atom is 0.410 e. The van der Waals surface area contributed by atoms with E-state index in [1.54, 1.807) is 0 Å². The van der Waals surface area contributed by atoms with Crippen molar-refractivity contribution >= 4 is 23.9 Å². The number of ether oxygens (including phenoxy) is 2. The van der Waals surface area contributed by atoms with Crippen molar-refractivity contribution in [3.05, 3.63) is 89.5 Å². The highest BCUT2D eigenvalue weighted by Gasteiger charge is 2.37. The minimum atomic E-state index is -1.15. The average Bonchev–Trinajstić information content (AvgIpc) is 3.57. The van der Waals surface area contributed by atoms with Crippen molar-refractivity contribution in [1.29, 1.82) is 0 Å². The molecule has 0 radical (unpaired) electrons. The Kier molecular flexibility index (Phi) is 11.1. The summed E-state index contributed by atoms with van der Waals surface area (Å²) >= 11 is 0. The van der Waals surface area contributed by atoms with E-state index in [1.807, 2.05) is 60.7 Å². The zero-order valence-electron chi connectivity index (χ0n) is 26.6. The highest BCUT2D eigenvalue weighted by molar-refractivity contribution is 6.01. The number of amides is 3. The van der Waals surface area contributed by atoms with Crippen LogP contribution in [0.25, 0.3) is 11.1 Å². The smallest absolute Gasteiger partial charge is 0.410 e. The van der Waals surface area contributed by atoms with Crippen molar-refractivity contribution in [1.82, 2.24) is 9.96 Å². The Morgan fingerprint density at radius 1 is 0.826 bits per heavy atom. The third-order valence-electron chi connectivity index (χ3n) is 8.61. The maximum absolute atomic E-state index is 13.7. The van der Waals surface area contributed by atoms with Gasteiger partial charge in [-0.25, -0.2) is 9.59 Å². The molecule has 1 aliphatic carbocycles. The van der Waals surface area contributed by atoms with E-state index in [1.165, 1.54) is 37.5 Å². The van der Waals surface area contributed by atoms with Gasteiger partial charge in [0.05, 0.1) is 6.61 Å². The lowest BCUT2D eigenvalue weighted by atomic mass is 9.98. The van der Waals surface area contributed by atoms with Crippen molar-refractivity contribution in [2.75, 3.05) is 13.2 Å². The van der Waals surface area contributed by atoms with Crippen molar-refractivity contribution < 1.29 is 33.5 Å². The standard InChI is InChI=1S/C37H42N2O7/c1-3-4-5-6-7-12-23-44-28-19-17-27(18-20-28)24-38(26(2)36(42)46-39-34(40)21-22-35(39)41)37(43)45-25-33-31-15-10-8-13-29(31)30-14-9-11-16-32(30)33/h8-11,13-20,26,33H,3-7,12,21-25H2,1-2H3/t26-/m0/s1. The molecule has 0 bridgehead atoms. The van der Waals surface area contributed by atoms with Gasteiger partial charge in [-0.05, 0) is 53.3 Å². The summed E-state index contributed by atoms with van der Waals surface area (Å²) in [5.41, 5.74) is 5.09. The summed E-state index contributed by atoms with van der Waals surface area (Å²) in [6, 6.07) is 22.3. The van der Waals surface area contributed by atoms with Gasteiger partial charge in [0.1, 0.15) is 18.4 Å². The molecule has 2 aliphatic rings. The van der Waals surface area contributed by atoms with Gasteiger partial charge in [-0.3, -0.25) is 14.5 Å². The average molecular weight is 627 g/mol. The van der Waals surface area contributed by atoms with E-state index in [0.29, 0.717) is 11.7 Å². The van der Waals surface area contributed by atoms with Crippen LogP contribution in [0.15, 0.2) is 72.8 Å². The second-order valence-corrected chi connectivity index (χ2v) is 11.9. The zero-order chi connectivity index (χ0) is 32.5. The monoisotopic (exact) mass is 626 g/mol. The van der Waals surface area contributed by atoms with E-state index < -0.39 is 29.9 Å². The van der Waals surface area contributed by atoms with Gasteiger partial charge < -0.3 is 14.3 Å². The maximum atomic E-state index is 13.7. The van der Waals surface area contributed by atoms with Gasteiger partial charge in [0.2, 0.25) is 0 Å². The Morgan fingerprint density at radius 2 is 1.41 bits per heavy atom. The summed E-state index contributed by atoms with van der Waals surface area (Å²) in [4.78, 5) is 57.5. The highest BCUT2D eigenvalue weighted by Crippen LogP contribution is 2.44. The van der Waals surface area contributed by atoms with Crippen LogP contribution in [-0.2, 0) is 30.5 Å². The van der Waals surface area contributed by atoms with Gasteiger partial charge in [0, 0.05) is 25.3 Å². The number of unbranched alkanes of at least 4 members (excludes halogenated alkanes) is 5. The molecule has 1 atom stereocenters. The molecule has 0 aromatic heterocycles. The summed E-state index contributed by atoms with van der Waals surface area (Å²) in [7, 11) is 0. The molecule has 5 rings (SSSR count). The highest BCUT2D eigenvalue weighted by atomic mass is 16.7. The van der Waals surface area contributed by atoms with Gasteiger partial charge >= 0.3 is 12.1 Å². The first-order valence-electron chi connectivity index (χ1n) is 16.3. The van der Waals surface area contributed by atoms with E-state index in [9.17, 15) is 19.2 Å². The predicted molar refractivity (Wildman–Crippen MR) is 173 cm³/mol. The molecule has 9 nitrogen and oxygen atoms in total. The van der Waals surface area contributed by atoms with Crippen molar-refractivity contribution in [3.8, 4) is 16.9 Å². The summed E-state index contributed by atoms with van der Waals surface area (Å²) in [6.07, 6.45) is 6.31. The van der Waals surface area contributed by atoms with Crippen LogP contribution in [0.3, 0.4) is 0 Å².